The van der Waals surface area contributed by atoms with E-state index in [-0.39, 0.29) is 17.7 Å². The Morgan fingerprint density at radius 3 is 2.33 bits per heavy atom. The van der Waals surface area contributed by atoms with Gasteiger partial charge in [-0.1, -0.05) is 13.8 Å². The lowest BCUT2D eigenvalue weighted by molar-refractivity contribution is -0.135. The van der Waals surface area contributed by atoms with Gasteiger partial charge >= 0.3 is 0 Å². The first-order chi connectivity index (χ1) is 9.90. The van der Waals surface area contributed by atoms with Gasteiger partial charge in [-0.3, -0.25) is 14.6 Å². The summed E-state index contributed by atoms with van der Waals surface area (Å²) >= 11 is 0. The molecule has 0 atom stereocenters. The molecule has 1 fully saturated rings. The summed E-state index contributed by atoms with van der Waals surface area (Å²) in [6, 6.07) is 1.66. The third-order valence-corrected chi connectivity index (χ3v) is 3.71. The third-order valence-electron chi connectivity index (χ3n) is 3.71. The molecule has 0 bridgehead atoms. The first-order valence-corrected chi connectivity index (χ1v) is 7.20. The standard InChI is InChI=1S/C15H22N4O2/c1-10(2)14(20)18-4-6-19(7-5-18)15(21)13-8-12(16)9-17-11(13)3/h8-10H,4-7,16H2,1-3H3. The van der Waals surface area contributed by atoms with E-state index >= 15 is 0 Å². The predicted octanol–water partition coefficient (Wildman–Crippen LogP) is 0.913. The lowest BCUT2D eigenvalue weighted by atomic mass is 10.1. The monoisotopic (exact) mass is 290 g/mol. The second-order valence-corrected chi connectivity index (χ2v) is 5.67. The van der Waals surface area contributed by atoms with Crippen LogP contribution in [0.4, 0.5) is 5.69 Å². The molecule has 2 N–H and O–H groups in total. The molecule has 2 rings (SSSR count). The number of nitrogen functional groups attached to an aromatic ring is 1. The van der Waals surface area contributed by atoms with Crippen molar-refractivity contribution in [3.8, 4) is 0 Å². The lowest BCUT2D eigenvalue weighted by Gasteiger charge is -2.35. The molecule has 1 aliphatic rings. The van der Waals surface area contributed by atoms with Gasteiger partial charge in [0.15, 0.2) is 0 Å². The number of carbonyl (C=O) groups excluding carboxylic acids is 2. The zero-order valence-electron chi connectivity index (χ0n) is 12.8. The summed E-state index contributed by atoms with van der Waals surface area (Å²) in [5.74, 6) is 0.0699. The number of aromatic nitrogens is 1. The third kappa shape index (κ3) is 3.32. The average Bonchev–Trinajstić information content (AvgIpc) is 2.48. The number of nitrogens with two attached hydrogens (primary N) is 1. The minimum absolute atomic E-state index is 0.00684. The van der Waals surface area contributed by atoms with Gasteiger partial charge in [0.2, 0.25) is 5.91 Å². The molecule has 1 aromatic heterocycles. The highest BCUT2D eigenvalue weighted by atomic mass is 16.2. The Hall–Kier alpha value is -2.11. The molecule has 0 spiro atoms. The van der Waals surface area contributed by atoms with Crippen molar-refractivity contribution in [2.24, 2.45) is 5.92 Å². The Balaban J connectivity index is 2.03. The Morgan fingerprint density at radius 1 is 1.19 bits per heavy atom. The Morgan fingerprint density at radius 2 is 1.76 bits per heavy atom. The Labute approximate surface area is 124 Å². The van der Waals surface area contributed by atoms with E-state index in [4.69, 9.17) is 5.73 Å². The molecular formula is C15H22N4O2. The van der Waals surface area contributed by atoms with Crippen molar-refractivity contribution in [2.75, 3.05) is 31.9 Å². The number of hydrogen-bond acceptors (Lipinski definition) is 4. The predicted molar refractivity (Wildman–Crippen MR) is 80.7 cm³/mol. The first kappa shape index (κ1) is 15.3. The second kappa shape index (κ2) is 6.11. The van der Waals surface area contributed by atoms with Crippen LogP contribution in [0.1, 0.15) is 29.9 Å². The van der Waals surface area contributed by atoms with E-state index in [0.29, 0.717) is 43.1 Å². The van der Waals surface area contributed by atoms with Crippen molar-refractivity contribution >= 4 is 17.5 Å². The molecule has 1 saturated heterocycles. The van der Waals surface area contributed by atoms with Crippen LogP contribution < -0.4 is 5.73 Å². The van der Waals surface area contributed by atoms with Crippen LogP contribution in [-0.2, 0) is 4.79 Å². The molecule has 6 heteroatoms. The quantitative estimate of drug-likeness (QED) is 0.878. The van der Waals surface area contributed by atoms with Crippen molar-refractivity contribution in [3.05, 3.63) is 23.5 Å². The molecule has 21 heavy (non-hydrogen) atoms. The minimum atomic E-state index is -0.0658. The second-order valence-electron chi connectivity index (χ2n) is 5.67. The number of carbonyl (C=O) groups is 2. The number of nitrogens with zero attached hydrogens (tertiary/aromatic N) is 3. The summed E-state index contributed by atoms with van der Waals surface area (Å²) in [6.07, 6.45) is 1.55. The fourth-order valence-corrected chi connectivity index (χ4v) is 2.43. The van der Waals surface area contributed by atoms with Gasteiger partial charge in [-0.25, -0.2) is 0 Å². The summed E-state index contributed by atoms with van der Waals surface area (Å²) in [7, 11) is 0. The number of anilines is 1. The molecule has 0 unspecified atom stereocenters. The van der Waals surface area contributed by atoms with Gasteiger partial charge < -0.3 is 15.5 Å². The molecule has 2 heterocycles. The maximum Gasteiger partial charge on any atom is 0.255 e. The van der Waals surface area contributed by atoms with Crippen molar-refractivity contribution in [2.45, 2.75) is 20.8 Å². The van der Waals surface area contributed by atoms with Crippen molar-refractivity contribution in [1.82, 2.24) is 14.8 Å². The van der Waals surface area contributed by atoms with Gasteiger partial charge in [-0.05, 0) is 13.0 Å². The van der Waals surface area contributed by atoms with Gasteiger partial charge in [0.1, 0.15) is 0 Å². The van der Waals surface area contributed by atoms with Crippen molar-refractivity contribution in [1.29, 1.82) is 0 Å². The van der Waals surface area contributed by atoms with Gasteiger partial charge in [0, 0.05) is 32.1 Å². The molecular weight excluding hydrogens is 268 g/mol. The van der Waals surface area contributed by atoms with Gasteiger partial charge in [0.25, 0.3) is 5.91 Å². The fraction of sp³-hybridized carbons (Fsp3) is 0.533. The number of pyridine rings is 1. The minimum Gasteiger partial charge on any atom is -0.397 e. The van der Waals surface area contributed by atoms with E-state index in [9.17, 15) is 9.59 Å². The summed E-state index contributed by atoms with van der Waals surface area (Å²) < 4.78 is 0. The normalized spacial score (nSPS) is 15.4. The van der Waals surface area contributed by atoms with Gasteiger partial charge in [-0.2, -0.15) is 0 Å². The number of rotatable bonds is 2. The molecule has 0 radical (unpaired) electrons. The van der Waals surface area contributed by atoms with E-state index in [0.717, 1.165) is 0 Å². The lowest BCUT2D eigenvalue weighted by Crippen LogP contribution is -2.51. The maximum atomic E-state index is 12.5. The van der Waals surface area contributed by atoms with Crippen molar-refractivity contribution in [3.63, 3.8) is 0 Å². The molecule has 1 aliphatic heterocycles. The van der Waals surface area contributed by atoms with Crippen LogP contribution in [0.5, 0.6) is 0 Å². The van der Waals surface area contributed by atoms with Crippen LogP contribution in [0.3, 0.4) is 0 Å². The summed E-state index contributed by atoms with van der Waals surface area (Å²) in [4.78, 5) is 32.1. The SMILES string of the molecule is Cc1ncc(N)cc1C(=O)N1CCN(C(=O)C(C)C)CC1. The topological polar surface area (TPSA) is 79.5 Å². The number of piperazine rings is 1. The molecule has 114 valence electrons. The van der Waals surface area contributed by atoms with Crippen LogP contribution >= 0.6 is 0 Å². The fourth-order valence-electron chi connectivity index (χ4n) is 2.43. The number of hydrogen-bond donors (Lipinski definition) is 1. The Bertz CT molecular complexity index is 549. The van der Waals surface area contributed by atoms with Crippen LogP contribution in [0.15, 0.2) is 12.3 Å². The highest BCUT2D eigenvalue weighted by Gasteiger charge is 2.26. The molecule has 2 amide bonds. The van der Waals surface area contributed by atoms with Gasteiger partial charge in [-0.15, -0.1) is 0 Å². The van der Waals surface area contributed by atoms with Gasteiger partial charge in [0.05, 0.1) is 23.1 Å². The van der Waals surface area contributed by atoms with Crippen LogP contribution in [0.2, 0.25) is 0 Å². The van der Waals surface area contributed by atoms with Crippen molar-refractivity contribution < 1.29 is 9.59 Å². The summed E-state index contributed by atoms with van der Waals surface area (Å²) in [5.41, 5.74) is 7.40. The highest BCUT2D eigenvalue weighted by Crippen LogP contribution is 2.15. The van der Waals surface area contributed by atoms with E-state index in [1.807, 2.05) is 18.7 Å². The summed E-state index contributed by atoms with van der Waals surface area (Å²) in [6.45, 7) is 7.83. The average molecular weight is 290 g/mol. The molecule has 0 aromatic carbocycles. The van der Waals surface area contributed by atoms with E-state index in [1.54, 1.807) is 24.1 Å². The Kier molecular flexibility index (Phi) is 4.45. The number of amides is 2. The van der Waals surface area contributed by atoms with Crippen LogP contribution in [0, 0.1) is 12.8 Å². The first-order valence-electron chi connectivity index (χ1n) is 7.20. The summed E-state index contributed by atoms with van der Waals surface area (Å²) in [5, 5.41) is 0. The number of aryl methyl sites for hydroxylation is 1. The van der Waals surface area contributed by atoms with Crippen LogP contribution in [0.25, 0.3) is 0 Å². The molecule has 1 aromatic rings. The van der Waals surface area contributed by atoms with E-state index in [1.165, 1.54) is 0 Å². The largest absolute Gasteiger partial charge is 0.397 e. The zero-order valence-corrected chi connectivity index (χ0v) is 12.8. The van der Waals surface area contributed by atoms with E-state index in [2.05, 4.69) is 4.98 Å². The highest BCUT2D eigenvalue weighted by molar-refractivity contribution is 5.96. The van der Waals surface area contributed by atoms with Crippen LogP contribution in [-0.4, -0.2) is 52.8 Å². The molecule has 0 aliphatic carbocycles. The van der Waals surface area contributed by atoms with E-state index < -0.39 is 0 Å². The zero-order chi connectivity index (χ0) is 15.6. The maximum absolute atomic E-state index is 12.5. The molecule has 0 saturated carbocycles. The smallest absolute Gasteiger partial charge is 0.255 e. The molecule has 6 nitrogen and oxygen atoms in total.